The molecule has 0 spiro atoms. The molecule has 0 aliphatic heterocycles. The van der Waals surface area contributed by atoms with Crippen molar-refractivity contribution < 1.29 is 0 Å². The number of benzene rings is 1. The number of nitrogens with zero attached hydrogens (tertiary/aromatic N) is 2. The Morgan fingerprint density at radius 3 is 2.65 bits per heavy atom. The summed E-state index contributed by atoms with van der Waals surface area (Å²) < 4.78 is 0. The maximum absolute atomic E-state index is 8.63. The van der Waals surface area contributed by atoms with E-state index in [0.717, 1.165) is 16.7 Å². The summed E-state index contributed by atoms with van der Waals surface area (Å²) in [6, 6.07) is 13.8. The number of nitriles is 1. The van der Waals surface area contributed by atoms with Crippen LogP contribution in [0.4, 0.5) is 0 Å². The number of nitrogens with two attached hydrogens (primary N) is 1. The normalized spacial score (nSPS) is 11.8. The van der Waals surface area contributed by atoms with Crippen molar-refractivity contribution in [1.82, 2.24) is 4.98 Å². The van der Waals surface area contributed by atoms with Crippen molar-refractivity contribution in [3.63, 3.8) is 0 Å². The van der Waals surface area contributed by atoms with Crippen molar-refractivity contribution in [2.24, 2.45) is 5.73 Å². The van der Waals surface area contributed by atoms with Crippen molar-refractivity contribution in [3.05, 3.63) is 54.4 Å². The van der Waals surface area contributed by atoms with Gasteiger partial charge < -0.3 is 5.73 Å². The smallest absolute Gasteiger partial charge is 0.0641 e. The molecule has 0 aliphatic carbocycles. The molecule has 1 heterocycles. The Morgan fingerprint density at radius 2 is 1.94 bits per heavy atom. The summed E-state index contributed by atoms with van der Waals surface area (Å²) >= 11 is 0. The predicted molar refractivity (Wildman–Crippen MR) is 66.8 cm³/mol. The number of aromatic nitrogens is 1. The highest BCUT2D eigenvalue weighted by molar-refractivity contribution is 5.62. The van der Waals surface area contributed by atoms with Crippen LogP contribution in [0.1, 0.15) is 18.0 Å². The lowest BCUT2D eigenvalue weighted by Crippen LogP contribution is -2.09. The molecular formula is C14H13N3. The lowest BCUT2D eigenvalue weighted by atomic mass is 10.0. The third-order valence-corrected chi connectivity index (χ3v) is 2.61. The van der Waals surface area contributed by atoms with E-state index in [4.69, 9.17) is 11.0 Å². The highest BCUT2D eigenvalue weighted by Crippen LogP contribution is 2.21. The van der Waals surface area contributed by atoms with Gasteiger partial charge in [-0.2, -0.15) is 5.26 Å². The molecule has 0 amide bonds. The van der Waals surface area contributed by atoms with Gasteiger partial charge in [-0.05, 0) is 17.2 Å². The van der Waals surface area contributed by atoms with Crippen LogP contribution >= 0.6 is 0 Å². The zero-order valence-electron chi connectivity index (χ0n) is 9.38. The van der Waals surface area contributed by atoms with Gasteiger partial charge in [0.25, 0.3) is 0 Å². The average Bonchev–Trinajstić information content (AvgIpc) is 2.40. The van der Waals surface area contributed by atoms with E-state index in [1.54, 1.807) is 12.4 Å². The zero-order valence-corrected chi connectivity index (χ0v) is 9.38. The summed E-state index contributed by atoms with van der Waals surface area (Å²) in [4.78, 5) is 4.17. The second-order valence-electron chi connectivity index (χ2n) is 3.84. The molecule has 1 aromatic heterocycles. The zero-order chi connectivity index (χ0) is 12.1. The number of pyridine rings is 1. The Hall–Kier alpha value is -2.18. The average molecular weight is 223 g/mol. The topological polar surface area (TPSA) is 62.7 Å². The van der Waals surface area contributed by atoms with E-state index in [2.05, 4.69) is 11.1 Å². The minimum atomic E-state index is -0.267. The molecule has 3 heteroatoms. The number of rotatable bonds is 3. The van der Waals surface area contributed by atoms with Gasteiger partial charge in [0.05, 0.1) is 12.5 Å². The molecule has 3 nitrogen and oxygen atoms in total. The summed E-state index contributed by atoms with van der Waals surface area (Å²) in [6.45, 7) is 0. The molecule has 0 radical (unpaired) electrons. The van der Waals surface area contributed by atoms with Crippen molar-refractivity contribution >= 4 is 0 Å². The lowest BCUT2D eigenvalue weighted by molar-refractivity contribution is 0.744. The van der Waals surface area contributed by atoms with Crippen molar-refractivity contribution in [3.8, 4) is 17.2 Å². The highest BCUT2D eigenvalue weighted by Gasteiger charge is 2.07. The van der Waals surface area contributed by atoms with Gasteiger partial charge in [0.2, 0.25) is 0 Å². The van der Waals surface area contributed by atoms with E-state index >= 15 is 0 Å². The first-order chi connectivity index (χ1) is 8.31. The molecule has 0 bridgehead atoms. The predicted octanol–water partition coefficient (Wildman–Crippen LogP) is 2.66. The molecule has 1 aromatic carbocycles. The molecule has 0 aliphatic rings. The highest BCUT2D eigenvalue weighted by atomic mass is 14.7. The molecule has 1 atom stereocenters. The quantitative estimate of drug-likeness (QED) is 0.870. The van der Waals surface area contributed by atoms with Gasteiger partial charge in [-0.3, -0.25) is 4.98 Å². The third-order valence-electron chi connectivity index (χ3n) is 2.61. The minimum Gasteiger partial charge on any atom is -0.323 e. The van der Waals surface area contributed by atoms with E-state index in [9.17, 15) is 0 Å². The fourth-order valence-corrected chi connectivity index (χ4v) is 1.67. The summed E-state index contributed by atoms with van der Waals surface area (Å²) in [5, 5.41) is 8.63. The van der Waals surface area contributed by atoms with E-state index in [-0.39, 0.29) is 6.04 Å². The van der Waals surface area contributed by atoms with Crippen LogP contribution in [-0.2, 0) is 0 Å². The van der Waals surface area contributed by atoms with Crippen LogP contribution in [0.25, 0.3) is 11.1 Å². The Morgan fingerprint density at radius 1 is 1.18 bits per heavy atom. The summed E-state index contributed by atoms with van der Waals surface area (Å²) in [6.07, 6.45) is 3.83. The Kier molecular flexibility index (Phi) is 3.49. The van der Waals surface area contributed by atoms with E-state index in [0.29, 0.717) is 6.42 Å². The van der Waals surface area contributed by atoms with Gasteiger partial charge in [-0.25, -0.2) is 0 Å². The molecule has 1 unspecified atom stereocenters. The maximum atomic E-state index is 8.63. The molecule has 0 saturated heterocycles. The molecule has 0 saturated carbocycles. The molecule has 17 heavy (non-hydrogen) atoms. The number of hydrogen-bond donors (Lipinski definition) is 1. The Balaban J connectivity index is 2.33. The van der Waals surface area contributed by atoms with Gasteiger partial charge in [-0.1, -0.05) is 30.3 Å². The summed E-state index contributed by atoms with van der Waals surface area (Å²) in [7, 11) is 0. The second kappa shape index (κ2) is 5.24. The van der Waals surface area contributed by atoms with E-state index in [1.165, 1.54) is 0 Å². The fraction of sp³-hybridized carbons (Fsp3) is 0.143. The van der Waals surface area contributed by atoms with Crippen LogP contribution < -0.4 is 5.73 Å². The monoisotopic (exact) mass is 223 g/mol. The summed E-state index contributed by atoms with van der Waals surface area (Å²) in [5.41, 5.74) is 8.91. The molecule has 2 rings (SSSR count). The SMILES string of the molecule is N#CCC(N)c1cncc(-c2ccccc2)c1. The first-order valence-electron chi connectivity index (χ1n) is 5.44. The van der Waals surface area contributed by atoms with Crippen LogP contribution in [0.3, 0.4) is 0 Å². The first-order valence-corrected chi connectivity index (χ1v) is 5.44. The van der Waals surface area contributed by atoms with Crippen LogP contribution in [0, 0.1) is 11.3 Å². The first kappa shape index (κ1) is 11.3. The van der Waals surface area contributed by atoms with Gasteiger partial charge in [0.1, 0.15) is 0 Å². The van der Waals surface area contributed by atoms with Crippen LogP contribution in [0.5, 0.6) is 0 Å². The molecule has 2 aromatic rings. The summed E-state index contributed by atoms with van der Waals surface area (Å²) in [5.74, 6) is 0. The third kappa shape index (κ3) is 2.68. The lowest BCUT2D eigenvalue weighted by Gasteiger charge is -2.09. The van der Waals surface area contributed by atoms with Crippen molar-refractivity contribution in [2.45, 2.75) is 12.5 Å². The van der Waals surface area contributed by atoms with Gasteiger partial charge >= 0.3 is 0 Å². The van der Waals surface area contributed by atoms with Crippen LogP contribution in [0.15, 0.2) is 48.8 Å². The van der Waals surface area contributed by atoms with Crippen molar-refractivity contribution in [1.29, 1.82) is 5.26 Å². The maximum Gasteiger partial charge on any atom is 0.0641 e. The second-order valence-corrected chi connectivity index (χ2v) is 3.84. The van der Waals surface area contributed by atoms with E-state index < -0.39 is 0 Å². The molecular weight excluding hydrogens is 210 g/mol. The largest absolute Gasteiger partial charge is 0.323 e. The number of hydrogen-bond acceptors (Lipinski definition) is 3. The van der Waals surface area contributed by atoms with Crippen LogP contribution in [-0.4, -0.2) is 4.98 Å². The molecule has 84 valence electrons. The molecule has 0 fully saturated rings. The standard InChI is InChI=1S/C14H13N3/c15-7-6-14(16)13-8-12(9-17-10-13)11-4-2-1-3-5-11/h1-5,8-10,14H,6,16H2. The fourth-order valence-electron chi connectivity index (χ4n) is 1.67. The Bertz CT molecular complexity index is 529. The van der Waals surface area contributed by atoms with Crippen molar-refractivity contribution in [2.75, 3.05) is 0 Å². The minimum absolute atomic E-state index is 0.267. The van der Waals surface area contributed by atoms with Gasteiger partial charge in [0.15, 0.2) is 0 Å². The van der Waals surface area contributed by atoms with Crippen LogP contribution in [0.2, 0.25) is 0 Å². The van der Waals surface area contributed by atoms with Gasteiger partial charge in [-0.15, -0.1) is 0 Å². The molecule has 2 N–H and O–H groups in total. The Labute approximate surface area is 101 Å². The van der Waals surface area contributed by atoms with Gasteiger partial charge in [0, 0.05) is 24.0 Å². The van der Waals surface area contributed by atoms with E-state index in [1.807, 2.05) is 36.4 Å².